The molecule has 0 unspecified atom stereocenters. The molecule has 0 atom stereocenters. The van der Waals surface area contributed by atoms with Crippen molar-refractivity contribution in [3.05, 3.63) is 46.8 Å². The van der Waals surface area contributed by atoms with Crippen LogP contribution < -0.4 is 0 Å². The number of hydrogen-bond donors (Lipinski definition) is 1. The summed E-state index contributed by atoms with van der Waals surface area (Å²) in [7, 11) is 0. The minimum Gasteiger partial charge on any atom is -0.337 e. The molecule has 0 aliphatic carbocycles. The molecular formula is C12H7BrFN3. The van der Waals surface area contributed by atoms with Gasteiger partial charge in [0.25, 0.3) is 0 Å². The molecule has 17 heavy (non-hydrogen) atoms. The van der Waals surface area contributed by atoms with Crippen LogP contribution in [0.3, 0.4) is 0 Å². The van der Waals surface area contributed by atoms with Gasteiger partial charge in [0.05, 0.1) is 5.52 Å². The molecule has 0 spiro atoms. The van der Waals surface area contributed by atoms with Crippen LogP contribution in [0.2, 0.25) is 0 Å². The minimum atomic E-state index is -0.336. The minimum absolute atomic E-state index is 0.333. The van der Waals surface area contributed by atoms with Crippen molar-refractivity contribution in [1.29, 1.82) is 0 Å². The lowest BCUT2D eigenvalue weighted by Gasteiger charge is -1.97. The standard InChI is InChI=1S/C12H7BrFN3/c13-7-3-2-6-15-10(7)12-16-9-5-1-4-8(14)11(9)17-12/h1-6H,(H,16,17). The van der Waals surface area contributed by atoms with Gasteiger partial charge in [0.2, 0.25) is 0 Å². The average molecular weight is 292 g/mol. The van der Waals surface area contributed by atoms with Gasteiger partial charge in [-0.2, -0.15) is 0 Å². The number of pyridine rings is 1. The van der Waals surface area contributed by atoms with E-state index < -0.39 is 0 Å². The number of halogens is 2. The first-order valence-corrected chi connectivity index (χ1v) is 5.80. The van der Waals surface area contributed by atoms with E-state index in [0.717, 1.165) is 4.47 Å². The number of fused-ring (bicyclic) bond motifs is 1. The van der Waals surface area contributed by atoms with E-state index in [0.29, 0.717) is 22.6 Å². The fraction of sp³-hybridized carbons (Fsp3) is 0. The molecule has 2 heterocycles. The van der Waals surface area contributed by atoms with Crippen molar-refractivity contribution in [2.75, 3.05) is 0 Å². The van der Waals surface area contributed by atoms with Crippen molar-refractivity contribution in [3.8, 4) is 11.5 Å². The highest BCUT2D eigenvalue weighted by molar-refractivity contribution is 9.10. The maximum Gasteiger partial charge on any atom is 0.158 e. The van der Waals surface area contributed by atoms with Crippen LogP contribution in [0.4, 0.5) is 4.39 Å². The maximum absolute atomic E-state index is 13.5. The molecule has 0 saturated heterocycles. The van der Waals surface area contributed by atoms with E-state index in [-0.39, 0.29) is 5.82 Å². The van der Waals surface area contributed by atoms with E-state index in [1.165, 1.54) is 6.07 Å². The topological polar surface area (TPSA) is 41.6 Å². The summed E-state index contributed by atoms with van der Waals surface area (Å²) in [5.41, 5.74) is 1.67. The van der Waals surface area contributed by atoms with Gasteiger partial charge in [-0.25, -0.2) is 9.37 Å². The number of imidazole rings is 1. The van der Waals surface area contributed by atoms with Crippen molar-refractivity contribution >= 4 is 27.0 Å². The number of aromatic amines is 1. The maximum atomic E-state index is 13.5. The Bertz CT molecular complexity index is 693. The molecule has 1 N–H and O–H groups in total. The molecule has 5 heteroatoms. The van der Waals surface area contributed by atoms with Crippen LogP contribution in [-0.4, -0.2) is 15.0 Å². The first-order valence-electron chi connectivity index (χ1n) is 5.01. The van der Waals surface area contributed by atoms with Gasteiger partial charge < -0.3 is 4.98 Å². The van der Waals surface area contributed by atoms with Gasteiger partial charge in [-0.05, 0) is 40.2 Å². The fourth-order valence-electron chi connectivity index (χ4n) is 1.67. The molecule has 0 radical (unpaired) electrons. The van der Waals surface area contributed by atoms with E-state index in [2.05, 4.69) is 30.9 Å². The Balaban J connectivity index is 2.26. The Labute approximate surface area is 105 Å². The number of hydrogen-bond acceptors (Lipinski definition) is 2. The van der Waals surface area contributed by atoms with Crippen molar-refractivity contribution in [2.45, 2.75) is 0 Å². The molecule has 3 aromatic rings. The summed E-state index contributed by atoms with van der Waals surface area (Å²) in [5.74, 6) is 0.217. The monoisotopic (exact) mass is 291 g/mol. The summed E-state index contributed by atoms with van der Waals surface area (Å²) in [6.07, 6.45) is 1.67. The normalized spacial score (nSPS) is 10.9. The average Bonchev–Trinajstić information content (AvgIpc) is 2.75. The zero-order valence-corrected chi connectivity index (χ0v) is 10.2. The van der Waals surface area contributed by atoms with Crippen molar-refractivity contribution < 1.29 is 4.39 Å². The number of aromatic nitrogens is 3. The largest absolute Gasteiger partial charge is 0.337 e. The quantitative estimate of drug-likeness (QED) is 0.745. The zero-order chi connectivity index (χ0) is 11.8. The van der Waals surface area contributed by atoms with Crippen LogP contribution >= 0.6 is 15.9 Å². The first-order chi connectivity index (χ1) is 8.25. The second-order valence-corrected chi connectivity index (χ2v) is 4.41. The van der Waals surface area contributed by atoms with E-state index in [1.807, 2.05) is 12.1 Å². The number of nitrogens with one attached hydrogen (secondary N) is 1. The lowest BCUT2D eigenvalue weighted by Crippen LogP contribution is -1.86. The molecule has 1 aromatic carbocycles. The third-order valence-corrected chi connectivity index (χ3v) is 3.09. The van der Waals surface area contributed by atoms with Crippen LogP contribution in [-0.2, 0) is 0 Å². The Morgan fingerprint density at radius 3 is 2.82 bits per heavy atom. The van der Waals surface area contributed by atoms with E-state index in [1.54, 1.807) is 18.3 Å². The van der Waals surface area contributed by atoms with Gasteiger partial charge in [-0.15, -0.1) is 0 Å². The fourth-order valence-corrected chi connectivity index (χ4v) is 2.11. The SMILES string of the molecule is Fc1cccc2[nH]c(-c3ncccc3Br)nc12. The van der Waals surface area contributed by atoms with Crippen LogP contribution in [0, 0.1) is 5.82 Å². The predicted octanol–water partition coefficient (Wildman–Crippen LogP) is 3.53. The molecule has 84 valence electrons. The molecule has 0 amide bonds. The number of benzene rings is 1. The highest BCUT2D eigenvalue weighted by atomic mass is 79.9. The van der Waals surface area contributed by atoms with Crippen LogP contribution in [0.5, 0.6) is 0 Å². The van der Waals surface area contributed by atoms with E-state index in [4.69, 9.17) is 0 Å². The highest BCUT2D eigenvalue weighted by Gasteiger charge is 2.11. The van der Waals surface area contributed by atoms with Gasteiger partial charge in [-0.1, -0.05) is 6.07 Å². The zero-order valence-electron chi connectivity index (χ0n) is 8.61. The Kier molecular flexibility index (Phi) is 2.40. The van der Waals surface area contributed by atoms with Crippen LogP contribution in [0.15, 0.2) is 41.0 Å². The van der Waals surface area contributed by atoms with Crippen LogP contribution in [0.25, 0.3) is 22.6 Å². The highest BCUT2D eigenvalue weighted by Crippen LogP contribution is 2.26. The van der Waals surface area contributed by atoms with Gasteiger partial charge in [0.1, 0.15) is 11.2 Å². The molecule has 3 rings (SSSR count). The van der Waals surface area contributed by atoms with Gasteiger partial charge in [0.15, 0.2) is 11.6 Å². The van der Waals surface area contributed by atoms with Gasteiger partial charge >= 0.3 is 0 Å². The molecule has 0 aliphatic heterocycles. The summed E-state index contributed by atoms with van der Waals surface area (Å²) in [6, 6.07) is 8.50. The number of para-hydroxylation sites is 1. The third-order valence-electron chi connectivity index (χ3n) is 2.45. The summed E-state index contributed by atoms with van der Waals surface area (Å²) >= 11 is 3.39. The van der Waals surface area contributed by atoms with Crippen molar-refractivity contribution in [3.63, 3.8) is 0 Å². The number of rotatable bonds is 1. The van der Waals surface area contributed by atoms with Crippen molar-refractivity contribution in [1.82, 2.24) is 15.0 Å². The van der Waals surface area contributed by atoms with Gasteiger partial charge in [-0.3, -0.25) is 4.98 Å². The molecule has 0 aliphatic rings. The lowest BCUT2D eigenvalue weighted by molar-refractivity contribution is 0.637. The smallest absolute Gasteiger partial charge is 0.158 e. The molecule has 0 bridgehead atoms. The Morgan fingerprint density at radius 2 is 2.06 bits per heavy atom. The van der Waals surface area contributed by atoms with Crippen LogP contribution in [0.1, 0.15) is 0 Å². The second kappa shape index (κ2) is 3.92. The third kappa shape index (κ3) is 1.72. The predicted molar refractivity (Wildman–Crippen MR) is 67.0 cm³/mol. The summed E-state index contributed by atoms with van der Waals surface area (Å²) in [5, 5.41) is 0. The molecule has 0 fully saturated rings. The molecular weight excluding hydrogens is 285 g/mol. The van der Waals surface area contributed by atoms with Crippen molar-refractivity contribution in [2.24, 2.45) is 0 Å². The first kappa shape index (κ1) is 10.4. The molecule has 0 saturated carbocycles. The van der Waals surface area contributed by atoms with Gasteiger partial charge in [0, 0.05) is 10.7 Å². The second-order valence-electron chi connectivity index (χ2n) is 3.56. The number of nitrogens with zero attached hydrogens (tertiary/aromatic N) is 2. The van der Waals surface area contributed by atoms with E-state index >= 15 is 0 Å². The Hall–Kier alpha value is -1.75. The summed E-state index contributed by atoms with van der Waals surface area (Å²) < 4.78 is 14.3. The summed E-state index contributed by atoms with van der Waals surface area (Å²) in [6.45, 7) is 0. The Morgan fingerprint density at radius 1 is 1.18 bits per heavy atom. The molecule has 3 nitrogen and oxygen atoms in total. The number of H-pyrrole nitrogens is 1. The lowest BCUT2D eigenvalue weighted by atomic mass is 10.3. The molecule has 2 aromatic heterocycles. The summed E-state index contributed by atoms with van der Waals surface area (Å²) in [4.78, 5) is 11.5. The van der Waals surface area contributed by atoms with E-state index in [9.17, 15) is 4.39 Å².